The first-order valence-electron chi connectivity index (χ1n) is 6.14. The fraction of sp³-hybridized carbons (Fsp3) is 0.286. The fourth-order valence-corrected chi connectivity index (χ4v) is 2.04. The summed E-state index contributed by atoms with van der Waals surface area (Å²) in [7, 11) is 0. The third-order valence-corrected chi connectivity index (χ3v) is 2.95. The molecule has 1 aromatic carbocycles. The topological polar surface area (TPSA) is 46.4 Å². The molecule has 18 heavy (non-hydrogen) atoms. The Morgan fingerprint density at radius 3 is 3.06 bits per heavy atom. The summed E-state index contributed by atoms with van der Waals surface area (Å²) in [5, 5.41) is 6.70. The van der Waals surface area contributed by atoms with E-state index in [-0.39, 0.29) is 6.10 Å². The number of furan rings is 1. The van der Waals surface area contributed by atoms with Crippen LogP contribution in [0.5, 0.6) is 5.75 Å². The molecule has 0 amide bonds. The van der Waals surface area contributed by atoms with Crippen LogP contribution in [0.1, 0.15) is 5.76 Å². The van der Waals surface area contributed by atoms with Gasteiger partial charge < -0.3 is 19.8 Å². The van der Waals surface area contributed by atoms with E-state index in [1.807, 2.05) is 36.4 Å². The molecule has 1 unspecified atom stereocenters. The van der Waals surface area contributed by atoms with Gasteiger partial charge in [-0.05, 0) is 24.3 Å². The number of hydrogen-bond acceptors (Lipinski definition) is 4. The molecule has 1 aliphatic rings. The lowest BCUT2D eigenvalue weighted by atomic mass is 10.2. The largest absolute Gasteiger partial charge is 0.485 e. The Balaban J connectivity index is 1.51. The van der Waals surface area contributed by atoms with Gasteiger partial charge in [0.25, 0.3) is 0 Å². The number of rotatable bonds is 4. The van der Waals surface area contributed by atoms with Crippen LogP contribution in [0.4, 0.5) is 5.69 Å². The Morgan fingerprint density at radius 1 is 1.22 bits per heavy atom. The zero-order valence-corrected chi connectivity index (χ0v) is 10.1. The second-order valence-electron chi connectivity index (χ2n) is 4.33. The number of hydrogen-bond donors (Lipinski definition) is 2. The van der Waals surface area contributed by atoms with E-state index in [2.05, 4.69) is 10.6 Å². The molecule has 4 nitrogen and oxygen atoms in total. The van der Waals surface area contributed by atoms with Crippen LogP contribution in [0.2, 0.25) is 0 Å². The molecule has 3 rings (SSSR count). The van der Waals surface area contributed by atoms with Gasteiger partial charge in [-0.1, -0.05) is 12.1 Å². The molecule has 0 fully saturated rings. The van der Waals surface area contributed by atoms with Crippen LogP contribution in [0.3, 0.4) is 0 Å². The van der Waals surface area contributed by atoms with Crippen molar-refractivity contribution < 1.29 is 9.15 Å². The lowest BCUT2D eigenvalue weighted by Gasteiger charge is -2.27. The average molecular weight is 244 g/mol. The predicted octanol–water partition coefficient (Wildman–Crippen LogP) is 2.24. The van der Waals surface area contributed by atoms with Gasteiger partial charge >= 0.3 is 0 Å². The zero-order chi connectivity index (χ0) is 12.2. The van der Waals surface area contributed by atoms with Gasteiger partial charge in [0.15, 0.2) is 0 Å². The molecule has 4 heteroatoms. The van der Waals surface area contributed by atoms with Gasteiger partial charge in [-0.2, -0.15) is 0 Å². The van der Waals surface area contributed by atoms with Crippen molar-refractivity contribution in [3.63, 3.8) is 0 Å². The molecule has 1 aliphatic heterocycles. The molecule has 1 atom stereocenters. The normalized spacial score (nSPS) is 17.7. The summed E-state index contributed by atoms with van der Waals surface area (Å²) in [6, 6.07) is 11.9. The zero-order valence-electron chi connectivity index (χ0n) is 10.1. The quantitative estimate of drug-likeness (QED) is 0.866. The number of fused-ring (bicyclic) bond motifs is 1. The maximum atomic E-state index is 5.90. The first-order chi connectivity index (χ1) is 8.92. The van der Waals surface area contributed by atoms with Gasteiger partial charge in [0, 0.05) is 6.54 Å². The highest BCUT2D eigenvalue weighted by Gasteiger charge is 2.18. The van der Waals surface area contributed by atoms with Gasteiger partial charge in [0.2, 0.25) is 0 Å². The summed E-state index contributed by atoms with van der Waals surface area (Å²) in [6.45, 7) is 2.35. The number of para-hydroxylation sites is 2. The van der Waals surface area contributed by atoms with Crippen LogP contribution in [0.15, 0.2) is 47.1 Å². The summed E-state index contributed by atoms with van der Waals surface area (Å²) in [4.78, 5) is 0. The van der Waals surface area contributed by atoms with Crippen LogP contribution >= 0.6 is 0 Å². The third kappa shape index (κ3) is 2.49. The third-order valence-electron chi connectivity index (χ3n) is 2.95. The van der Waals surface area contributed by atoms with Crippen molar-refractivity contribution in [2.24, 2.45) is 0 Å². The summed E-state index contributed by atoms with van der Waals surface area (Å²) >= 11 is 0. The van der Waals surface area contributed by atoms with Crippen LogP contribution in [0, 0.1) is 0 Å². The van der Waals surface area contributed by atoms with Crippen LogP contribution in [-0.4, -0.2) is 19.2 Å². The lowest BCUT2D eigenvalue weighted by molar-refractivity contribution is 0.200. The molecule has 2 N–H and O–H groups in total. The molecule has 0 saturated heterocycles. The lowest BCUT2D eigenvalue weighted by Crippen LogP contribution is -2.39. The number of anilines is 1. The Labute approximate surface area is 106 Å². The van der Waals surface area contributed by atoms with E-state index >= 15 is 0 Å². The predicted molar refractivity (Wildman–Crippen MR) is 69.8 cm³/mol. The summed E-state index contributed by atoms with van der Waals surface area (Å²) in [5.74, 6) is 1.87. The average Bonchev–Trinajstić information content (AvgIpc) is 2.92. The van der Waals surface area contributed by atoms with Crippen molar-refractivity contribution in [1.29, 1.82) is 0 Å². The molecule has 0 bridgehead atoms. The van der Waals surface area contributed by atoms with Crippen molar-refractivity contribution in [3.05, 3.63) is 48.4 Å². The molecular formula is C14H16N2O2. The Hall–Kier alpha value is -1.94. The molecule has 94 valence electrons. The van der Waals surface area contributed by atoms with Gasteiger partial charge in [-0.15, -0.1) is 0 Å². The van der Waals surface area contributed by atoms with Crippen molar-refractivity contribution >= 4 is 5.69 Å². The van der Waals surface area contributed by atoms with Gasteiger partial charge in [0.05, 0.1) is 25.0 Å². The van der Waals surface area contributed by atoms with E-state index in [1.165, 1.54) is 0 Å². The van der Waals surface area contributed by atoms with Crippen molar-refractivity contribution in [1.82, 2.24) is 5.32 Å². The van der Waals surface area contributed by atoms with Crippen molar-refractivity contribution in [3.8, 4) is 5.75 Å². The van der Waals surface area contributed by atoms with E-state index in [1.54, 1.807) is 6.26 Å². The van der Waals surface area contributed by atoms with Crippen LogP contribution in [0.25, 0.3) is 0 Å². The molecule has 0 aliphatic carbocycles. The number of nitrogens with one attached hydrogen (secondary N) is 2. The van der Waals surface area contributed by atoms with E-state index < -0.39 is 0 Å². The Kier molecular flexibility index (Phi) is 3.19. The highest BCUT2D eigenvalue weighted by atomic mass is 16.5. The van der Waals surface area contributed by atoms with Gasteiger partial charge in [0.1, 0.15) is 17.6 Å². The first-order valence-corrected chi connectivity index (χ1v) is 6.14. The first kappa shape index (κ1) is 11.2. The molecule has 0 radical (unpaired) electrons. The maximum absolute atomic E-state index is 5.90. The highest BCUT2D eigenvalue weighted by molar-refractivity contribution is 5.57. The van der Waals surface area contributed by atoms with E-state index in [4.69, 9.17) is 9.15 Å². The minimum atomic E-state index is 0.148. The fourth-order valence-electron chi connectivity index (χ4n) is 2.04. The Bertz CT molecular complexity index is 496. The standard InChI is InChI=1S/C14H16N2O2/c1-2-6-14-13(5-1)16-10-12(18-14)9-15-8-11-4-3-7-17-11/h1-7,12,15-16H,8-10H2. The minimum absolute atomic E-state index is 0.148. The SMILES string of the molecule is c1coc(CNCC2CNc3ccccc3O2)c1. The summed E-state index contributed by atoms with van der Waals surface area (Å²) in [5.41, 5.74) is 1.07. The second kappa shape index (κ2) is 5.14. The number of ether oxygens (including phenoxy) is 1. The Morgan fingerprint density at radius 2 is 2.17 bits per heavy atom. The highest BCUT2D eigenvalue weighted by Crippen LogP contribution is 2.27. The second-order valence-corrected chi connectivity index (χ2v) is 4.33. The maximum Gasteiger partial charge on any atom is 0.142 e. The summed E-state index contributed by atoms with van der Waals surface area (Å²) in [6.07, 6.45) is 1.83. The van der Waals surface area contributed by atoms with Crippen LogP contribution < -0.4 is 15.4 Å². The molecule has 2 aromatic rings. The van der Waals surface area contributed by atoms with E-state index in [9.17, 15) is 0 Å². The van der Waals surface area contributed by atoms with Crippen molar-refractivity contribution in [2.75, 3.05) is 18.4 Å². The monoisotopic (exact) mass is 244 g/mol. The van der Waals surface area contributed by atoms with Crippen molar-refractivity contribution in [2.45, 2.75) is 12.6 Å². The number of benzene rings is 1. The van der Waals surface area contributed by atoms with Crippen LogP contribution in [-0.2, 0) is 6.54 Å². The van der Waals surface area contributed by atoms with E-state index in [0.717, 1.165) is 36.8 Å². The molecule has 0 spiro atoms. The smallest absolute Gasteiger partial charge is 0.142 e. The minimum Gasteiger partial charge on any atom is -0.485 e. The molecular weight excluding hydrogens is 228 g/mol. The summed E-state index contributed by atoms with van der Waals surface area (Å²) < 4.78 is 11.2. The molecule has 1 aromatic heterocycles. The molecule has 0 saturated carbocycles. The van der Waals surface area contributed by atoms with E-state index in [0.29, 0.717) is 0 Å². The van der Waals surface area contributed by atoms with Gasteiger partial charge in [-0.25, -0.2) is 0 Å². The molecule has 2 heterocycles. The van der Waals surface area contributed by atoms with Gasteiger partial charge in [-0.3, -0.25) is 0 Å².